The number of halogens is 1. The van der Waals surface area contributed by atoms with E-state index in [0.717, 1.165) is 15.1 Å². The molecule has 0 amide bonds. The summed E-state index contributed by atoms with van der Waals surface area (Å²) in [6, 6.07) is 8.88. The molecule has 0 saturated heterocycles. The van der Waals surface area contributed by atoms with Crippen LogP contribution >= 0.6 is 27.3 Å². The van der Waals surface area contributed by atoms with Gasteiger partial charge in [0.15, 0.2) is 0 Å². The van der Waals surface area contributed by atoms with Crippen LogP contribution < -0.4 is 4.74 Å². The number of carbonyl (C=O) groups excluding carboxylic acids is 1. The van der Waals surface area contributed by atoms with Crippen molar-refractivity contribution in [2.45, 2.75) is 6.61 Å². The molecule has 0 aliphatic rings. The van der Waals surface area contributed by atoms with Crippen LogP contribution in [0.2, 0.25) is 0 Å². The Balaban J connectivity index is 1.98. The van der Waals surface area contributed by atoms with Gasteiger partial charge >= 0.3 is 5.97 Å². The normalized spacial score (nSPS) is 10.1. The van der Waals surface area contributed by atoms with Gasteiger partial charge in [-0.2, -0.15) is 0 Å². The van der Waals surface area contributed by atoms with Crippen molar-refractivity contribution in [3.63, 3.8) is 0 Å². The molecule has 0 aliphatic carbocycles. The van der Waals surface area contributed by atoms with Crippen LogP contribution in [0.25, 0.3) is 0 Å². The van der Waals surface area contributed by atoms with Crippen LogP contribution in [0.3, 0.4) is 0 Å². The summed E-state index contributed by atoms with van der Waals surface area (Å²) >= 11 is 5.08. The highest BCUT2D eigenvalue weighted by Crippen LogP contribution is 2.24. The third-order valence-corrected chi connectivity index (χ3v) is 4.24. The van der Waals surface area contributed by atoms with Gasteiger partial charge in [0.1, 0.15) is 12.4 Å². The molecule has 2 aromatic rings. The lowest BCUT2D eigenvalue weighted by molar-refractivity contribution is 0.0600. The number of benzene rings is 1. The Labute approximate surface area is 117 Å². The molecule has 0 aliphatic heterocycles. The minimum atomic E-state index is -0.345. The van der Waals surface area contributed by atoms with Crippen LogP contribution in [0.1, 0.15) is 15.2 Å². The average Bonchev–Trinajstić information content (AvgIpc) is 2.81. The molecular weight excluding hydrogens is 316 g/mol. The van der Waals surface area contributed by atoms with Crippen LogP contribution in [-0.2, 0) is 11.3 Å². The highest BCUT2D eigenvalue weighted by atomic mass is 79.9. The number of rotatable bonds is 4. The number of methoxy groups -OCH3 is 1. The molecule has 0 radical (unpaired) electrons. The zero-order chi connectivity index (χ0) is 13.0. The minimum Gasteiger partial charge on any atom is -0.488 e. The summed E-state index contributed by atoms with van der Waals surface area (Å²) in [4.78, 5) is 12.4. The molecule has 0 saturated carbocycles. The fourth-order valence-electron chi connectivity index (χ4n) is 1.38. The molecule has 0 N–H and O–H groups in total. The standard InChI is InChI=1S/C13H11BrO3S/c1-16-13(15)9-2-4-10(5-3-9)17-8-12-11(14)6-7-18-12/h2-7H,8H2,1H3. The van der Waals surface area contributed by atoms with Gasteiger partial charge in [-0.25, -0.2) is 4.79 Å². The topological polar surface area (TPSA) is 35.5 Å². The number of hydrogen-bond acceptors (Lipinski definition) is 4. The second kappa shape index (κ2) is 6.02. The van der Waals surface area contributed by atoms with Crippen LogP contribution in [0.5, 0.6) is 5.75 Å². The molecule has 18 heavy (non-hydrogen) atoms. The quantitative estimate of drug-likeness (QED) is 0.800. The number of ether oxygens (including phenoxy) is 2. The molecule has 1 aromatic carbocycles. The van der Waals surface area contributed by atoms with E-state index in [2.05, 4.69) is 20.7 Å². The van der Waals surface area contributed by atoms with E-state index in [1.54, 1.807) is 35.6 Å². The van der Waals surface area contributed by atoms with Gasteiger partial charge < -0.3 is 9.47 Å². The SMILES string of the molecule is COC(=O)c1ccc(OCc2sccc2Br)cc1. The zero-order valence-electron chi connectivity index (χ0n) is 9.68. The first-order chi connectivity index (χ1) is 8.70. The summed E-state index contributed by atoms with van der Waals surface area (Å²) in [6.45, 7) is 0.510. The fraction of sp³-hybridized carbons (Fsp3) is 0.154. The smallest absolute Gasteiger partial charge is 0.337 e. The number of carbonyl (C=O) groups is 1. The van der Waals surface area contributed by atoms with Crippen molar-refractivity contribution in [3.05, 3.63) is 50.6 Å². The van der Waals surface area contributed by atoms with Crippen molar-refractivity contribution in [2.24, 2.45) is 0 Å². The predicted octanol–water partition coefficient (Wildman–Crippen LogP) is 3.88. The molecule has 0 spiro atoms. The van der Waals surface area contributed by atoms with Gasteiger partial charge in [-0.1, -0.05) is 0 Å². The summed E-state index contributed by atoms with van der Waals surface area (Å²) < 4.78 is 11.3. The Morgan fingerprint density at radius 2 is 2.00 bits per heavy atom. The first-order valence-electron chi connectivity index (χ1n) is 5.24. The van der Waals surface area contributed by atoms with Gasteiger partial charge in [-0.05, 0) is 51.6 Å². The van der Waals surface area contributed by atoms with Crippen molar-refractivity contribution < 1.29 is 14.3 Å². The van der Waals surface area contributed by atoms with E-state index in [9.17, 15) is 4.79 Å². The summed E-state index contributed by atoms with van der Waals surface area (Å²) in [6.07, 6.45) is 0. The minimum absolute atomic E-state index is 0.345. The molecule has 0 unspecified atom stereocenters. The van der Waals surface area contributed by atoms with Crippen molar-refractivity contribution in [2.75, 3.05) is 7.11 Å². The van der Waals surface area contributed by atoms with Crippen molar-refractivity contribution in [3.8, 4) is 5.75 Å². The predicted molar refractivity (Wildman–Crippen MR) is 74.1 cm³/mol. The van der Waals surface area contributed by atoms with E-state index < -0.39 is 0 Å². The maximum absolute atomic E-state index is 11.2. The van der Waals surface area contributed by atoms with Gasteiger partial charge in [0, 0.05) is 4.47 Å². The number of thiophene rings is 1. The number of esters is 1. The van der Waals surface area contributed by atoms with Crippen LogP contribution in [0, 0.1) is 0 Å². The van der Waals surface area contributed by atoms with Gasteiger partial charge in [0.05, 0.1) is 17.6 Å². The Bertz CT molecular complexity index is 533. The molecule has 5 heteroatoms. The molecule has 94 valence electrons. The van der Waals surface area contributed by atoms with Gasteiger partial charge in [-0.15, -0.1) is 11.3 Å². The Morgan fingerprint density at radius 3 is 2.56 bits per heavy atom. The first-order valence-corrected chi connectivity index (χ1v) is 6.91. The van der Waals surface area contributed by atoms with E-state index in [0.29, 0.717) is 12.2 Å². The lowest BCUT2D eigenvalue weighted by Gasteiger charge is -2.06. The molecule has 0 bridgehead atoms. The van der Waals surface area contributed by atoms with Gasteiger partial charge in [-0.3, -0.25) is 0 Å². The second-order valence-electron chi connectivity index (χ2n) is 3.50. The van der Waals surface area contributed by atoms with E-state index in [4.69, 9.17) is 4.74 Å². The third-order valence-electron chi connectivity index (χ3n) is 2.34. The highest BCUT2D eigenvalue weighted by molar-refractivity contribution is 9.10. The molecule has 0 atom stereocenters. The maximum Gasteiger partial charge on any atom is 0.337 e. The van der Waals surface area contributed by atoms with E-state index in [1.165, 1.54) is 7.11 Å². The van der Waals surface area contributed by atoms with E-state index >= 15 is 0 Å². The molecule has 3 nitrogen and oxygen atoms in total. The molecular formula is C13H11BrO3S. The first kappa shape index (κ1) is 13.1. The highest BCUT2D eigenvalue weighted by Gasteiger charge is 2.06. The van der Waals surface area contributed by atoms with Crippen LogP contribution in [-0.4, -0.2) is 13.1 Å². The molecule has 2 rings (SSSR count). The third kappa shape index (κ3) is 3.11. The lowest BCUT2D eigenvalue weighted by atomic mass is 10.2. The van der Waals surface area contributed by atoms with Crippen LogP contribution in [0.4, 0.5) is 0 Å². The summed E-state index contributed by atoms with van der Waals surface area (Å²) in [5, 5.41) is 2.00. The lowest BCUT2D eigenvalue weighted by Crippen LogP contribution is -2.01. The fourth-order valence-corrected chi connectivity index (χ4v) is 2.76. The summed E-state index contributed by atoms with van der Waals surface area (Å²) in [5.74, 6) is 0.380. The second-order valence-corrected chi connectivity index (χ2v) is 5.35. The van der Waals surface area contributed by atoms with E-state index in [1.807, 2.05) is 11.4 Å². The van der Waals surface area contributed by atoms with Gasteiger partial charge in [0.25, 0.3) is 0 Å². The maximum atomic E-state index is 11.2. The average molecular weight is 327 g/mol. The van der Waals surface area contributed by atoms with Crippen LogP contribution in [0.15, 0.2) is 40.2 Å². The Kier molecular flexibility index (Phi) is 4.38. The van der Waals surface area contributed by atoms with Crippen molar-refractivity contribution in [1.82, 2.24) is 0 Å². The Morgan fingerprint density at radius 1 is 1.28 bits per heavy atom. The van der Waals surface area contributed by atoms with Crippen molar-refractivity contribution >= 4 is 33.2 Å². The molecule has 0 fully saturated rings. The number of hydrogen-bond donors (Lipinski definition) is 0. The summed E-state index contributed by atoms with van der Waals surface area (Å²) in [7, 11) is 1.36. The zero-order valence-corrected chi connectivity index (χ0v) is 12.1. The van der Waals surface area contributed by atoms with E-state index in [-0.39, 0.29) is 5.97 Å². The van der Waals surface area contributed by atoms with Gasteiger partial charge in [0.2, 0.25) is 0 Å². The molecule has 1 aromatic heterocycles. The molecule has 1 heterocycles. The monoisotopic (exact) mass is 326 g/mol. The largest absolute Gasteiger partial charge is 0.488 e. The summed E-state index contributed by atoms with van der Waals surface area (Å²) in [5.41, 5.74) is 0.516. The van der Waals surface area contributed by atoms with Crippen molar-refractivity contribution in [1.29, 1.82) is 0 Å². The Hall–Kier alpha value is -1.33.